The molecule has 1 aromatic heterocycles. The molecule has 682 valence electrons. The van der Waals surface area contributed by atoms with Gasteiger partial charge in [0.05, 0.1) is 47.9 Å². The number of halogens is 2. The third-order valence-electron chi connectivity index (χ3n) is 22.4. The van der Waals surface area contributed by atoms with Crippen LogP contribution in [0, 0.1) is 5.92 Å². The maximum absolute atomic E-state index is 16.4. The number of amides is 7. The number of thiophene rings is 1. The largest absolute Gasteiger partial charge is 0.508 e. The van der Waals surface area contributed by atoms with E-state index in [-0.39, 0.29) is 48.5 Å². The molecule has 23 atom stereocenters. The van der Waals surface area contributed by atoms with Crippen LogP contribution >= 0.6 is 34.5 Å². The molecule has 0 radical (unpaired) electrons. The number of rotatable bonds is 22. The van der Waals surface area contributed by atoms with Crippen molar-refractivity contribution in [2.45, 2.75) is 200 Å². The van der Waals surface area contributed by atoms with Gasteiger partial charge in [-0.15, -0.1) is 11.3 Å². The van der Waals surface area contributed by atoms with Crippen LogP contribution in [0.4, 0.5) is 0 Å². The van der Waals surface area contributed by atoms with E-state index >= 15 is 24.0 Å². The molecule has 8 aliphatic rings. The third-order valence-corrected chi connectivity index (χ3v) is 24.2. The lowest BCUT2D eigenvalue weighted by Gasteiger charge is -2.46. The maximum atomic E-state index is 16.4. The fourth-order valence-corrected chi connectivity index (χ4v) is 17.3. The topological polar surface area (TPSA) is 611 Å². The zero-order chi connectivity index (χ0) is 91.6. The number of hydrogen-bond acceptors (Lipinski definition) is 32. The summed E-state index contributed by atoms with van der Waals surface area (Å²) in [6.45, 7) is 7.88. The smallest absolute Gasteiger partial charge is 0.330 e. The van der Waals surface area contributed by atoms with E-state index in [9.17, 15) is 75.7 Å². The average molecular weight is 1830 g/mol. The number of aromatic hydroxyl groups is 3. The fourth-order valence-electron chi connectivity index (χ4n) is 15.8. The summed E-state index contributed by atoms with van der Waals surface area (Å²) in [5.41, 5.74) is 8.94. The molecule has 0 aliphatic carbocycles. The predicted molar refractivity (Wildman–Crippen MR) is 447 cm³/mol. The summed E-state index contributed by atoms with van der Waals surface area (Å²) < 4.78 is 56.9. The lowest BCUT2D eigenvalue weighted by Crippen LogP contribution is -2.65. The Labute approximate surface area is 738 Å². The monoisotopic (exact) mass is 1820 g/mol. The second-order valence-electron chi connectivity index (χ2n) is 32.2. The van der Waals surface area contributed by atoms with E-state index in [1.165, 1.54) is 44.4 Å². The van der Waals surface area contributed by atoms with Crippen molar-refractivity contribution in [3.8, 4) is 73.3 Å². The van der Waals surface area contributed by atoms with Crippen LogP contribution in [-0.2, 0) is 68.6 Å². The summed E-state index contributed by atoms with van der Waals surface area (Å²) in [4.78, 5) is 122. The Bertz CT molecular complexity index is 5270. The number of phenolic OH excluding ortho intramolecular Hbond substituents is 3. The van der Waals surface area contributed by atoms with Crippen molar-refractivity contribution in [2.24, 2.45) is 17.4 Å². The molecular formula is C85H98Cl2N10O29S. The molecule has 7 amide bonds. The lowest BCUT2D eigenvalue weighted by molar-refractivity contribution is -0.350. The van der Waals surface area contributed by atoms with Crippen LogP contribution in [-0.4, -0.2) is 245 Å². The van der Waals surface area contributed by atoms with Crippen molar-refractivity contribution >= 4 is 81.9 Å². The van der Waals surface area contributed by atoms with E-state index in [2.05, 4.69) is 42.5 Å². The molecule has 15 rings (SSSR count). The van der Waals surface area contributed by atoms with Crippen molar-refractivity contribution in [2.75, 3.05) is 26.8 Å². The number of nitrogens with one attached hydrogen (secondary N) is 8. The van der Waals surface area contributed by atoms with Crippen molar-refractivity contribution in [3.05, 3.63) is 158 Å². The Morgan fingerprint density at radius 1 is 0.669 bits per heavy atom. The highest BCUT2D eigenvalue weighted by Gasteiger charge is 2.53. The summed E-state index contributed by atoms with van der Waals surface area (Å²) >= 11 is 16.0. The number of likely N-dealkylation sites (N-methyl/N-ethyl adjacent to an activating group) is 1. The highest BCUT2D eigenvalue weighted by atomic mass is 35.5. The van der Waals surface area contributed by atoms with E-state index in [0.717, 1.165) is 82.0 Å². The van der Waals surface area contributed by atoms with Crippen LogP contribution in [0.5, 0.6) is 51.7 Å². The normalized spacial score (nSPS) is 29.5. The van der Waals surface area contributed by atoms with E-state index in [4.69, 9.17) is 77.3 Å². The third kappa shape index (κ3) is 20.7. The molecule has 3 saturated heterocycles. The Hall–Kier alpha value is -10.7. The fraction of sp³-hybridized carbons (Fsp3) is 0.435. The number of carboxylic acids is 1. The van der Waals surface area contributed by atoms with Crippen LogP contribution < -0.4 is 72.9 Å². The summed E-state index contributed by atoms with van der Waals surface area (Å²) in [5, 5.41) is 160. The van der Waals surface area contributed by atoms with Gasteiger partial charge in [-0.3, -0.25) is 33.6 Å². The van der Waals surface area contributed by atoms with Crippen LogP contribution in [0.25, 0.3) is 21.6 Å². The van der Waals surface area contributed by atoms with E-state index in [1.54, 1.807) is 0 Å². The summed E-state index contributed by atoms with van der Waals surface area (Å²) in [6, 6.07) is 10.4. The predicted octanol–water partition coefficient (Wildman–Crippen LogP) is 1.86. The van der Waals surface area contributed by atoms with Crippen molar-refractivity contribution in [3.63, 3.8) is 0 Å². The van der Waals surface area contributed by atoms with Crippen LogP contribution in [0.1, 0.15) is 117 Å². The quantitative estimate of drug-likeness (QED) is 0.0460. The van der Waals surface area contributed by atoms with Gasteiger partial charge in [0.2, 0.25) is 53.4 Å². The van der Waals surface area contributed by atoms with Crippen LogP contribution in [0.3, 0.4) is 0 Å². The minimum atomic E-state index is -2.42. The summed E-state index contributed by atoms with van der Waals surface area (Å²) in [6.07, 6.45) is -29.1. The number of primary amides is 1. The Morgan fingerprint density at radius 3 is 1.94 bits per heavy atom. The second kappa shape index (κ2) is 39.5. The van der Waals surface area contributed by atoms with Gasteiger partial charge in [0.25, 0.3) is 0 Å². The lowest BCUT2D eigenvalue weighted by atomic mass is 9.86. The molecule has 8 aliphatic heterocycles. The number of fused-ring (bicyclic) bond motifs is 15. The molecular weight excluding hydrogens is 1730 g/mol. The Balaban J connectivity index is 0.956. The van der Waals surface area contributed by atoms with Gasteiger partial charge in [0, 0.05) is 57.6 Å². The number of phenols is 3. The number of carboxylic acid groups (broad SMARTS) is 1. The van der Waals surface area contributed by atoms with E-state index < -0.39 is 279 Å². The molecule has 0 spiro atoms. The average Bonchev–Trinajstić information content (AvgIpc) is 1.17. The minimum absolute atomic E-state index is 0.129. The molecule has 3 fully saturated rings. The maximum Gasteiger partial charge on any atom is 0.330 e. The minimum Gasteiger partial charge on any atom is -0.508 e. The van der Waals surface area contributed by atoms with Crippen molar-refractivity contribution < 1.29 is 142 Å². The number of nitrogens with two attached hydrogens (primary N) is 2. The van der Waals surface area contributed by atoms with Gasteiger partial charge in [0.15, 0.2) is 30.1 Å². The van der Waals surface area contributed by atoms with E-state index in [1.807, 2.05) is 57.2 Å². The van der Waals surface area contributed by atoms with Gasteiger partial charge in [-0.2, -0.15) is 0 Å². The highest BCUT2D eigenvalue weighted by Crippen LogP contribution is 2.51. The molecule has 6 aromatic carbocycles. The van der Waals surface area contributed by atoms with Gasteiger partial charge >= 0.3 is 5.97 Å². The molecule has 127 heavy (non-hydrogen) atoms. The molecule has 9 heterocycles. The highest BCUT2D eigenvalue weighted by molar-refractivity contribution is 7.15. The molecule has 24 N–H and O–H groups in total. The second-order valence-corrected chi connectivity index (χ2v) is 34.2. The number of aliphatic hydroxyl groups excluding tert-OH is 8. The number of carbonyl (C=O) groups is 8. The van der Waals surface area contributed by atoms with Crippen molar-refractivity contribution in [1.29, 1.82) is 0 Å². The van der Waals surface area contributed by atoms with Crippen LogP contribution in [0.2, 0.25) is 10.0 Å². The van der Waals surface area contributed by atoms with Gasteiger partial charge in [-0.05, 0) is 159 Å². The first-order valence-electron chi connectivity index (χ1n) is 40.5. The number of carbonyl (C=O) groups excluding carboxylic acids is 7. The standard InChI is InChI=1S/C85H98Cl2N10O29S/c1-7-118-41-13-8-35(9-14-41)57-19-15-42(127-57)30-91-31-55-67(104)68(105)70(107)83(122-55)126-74-56(32-98)123-84(71(108)69(74)106)125-73-53-24-39-25-54(73)121-52-18-12-38(23-46(52)87)72(124-59-29-85(5,89)75(109)34(4)119-59)65-81(115)95-63(82(116)117)44-26-40(99)27-50(101)60(44)43-21-36(10-16-49(43)100)61(78(112)97-65)94-79(113)62(39)93-77(111)48(28-58(88)102)92-80(114)64(96-76(110)47(90-6)20-33(2)3)66(103)37-11-17-51(120-53)45(86)22-37/h8-19,21-27,33-34,47-48,55-56,59,61-72,74-75,83-84,90-91,98-101,103-109H,7,20,28-32,89H2,1-6H3,(H2,88,102)(H,92,114)(H,93,111)(H,94,113)(H,95,115)(H,96,110)(H,97,112)(H,116,117)/t34-,47+,48?,55+,56+,59?,61?,62+,63?,64?,65-,66+,67-,68-,69+,70+,71+,72+,74+,75-,83-,84-,85-/m0/s1. The van der Waals surface area contributed by atoms with Crippen LogP contribution in [0.15, 0.2) is 115 Å². The van der Waals surface area contributed by atoms with E-state index in [0.29, 0.717) is 12.4 Å². The first kappa shape index (κ1) is 93.9. The molecule has 0 saturated carbocycles. The number of hydrogen-bond donors (Lipinski definition) is 22. The Morgan fingerprint density at radius 2 is 1.31 bits per heavy atom. The zero-order valence-corrected chi connectivity index (χ0v) is 71.2. The summed E-state index contributed by atoms with van der Waals surface area (Å²) in [5.74, 6) is -15.9. The van der Waals surface area contributed by atoms with Gasteiger partial charge < -0.3 is 158 Å². The number of aliphatic carboxylic acids is 1. The number of ether oxygens (including phenoxy) is 9. The zero-order valence-electron chi connectivity index (χ0n) is 68.8. The van der Waals surface area contributed by atoms with Gasteiger partial charge in [0.1, 0.15) is 126 Å². The molecule has 11 bridgehead atoms. The Kier molecular flexibility index (Phi) is 29.2. The van der Waals surface area contributed by atoms with Gasteiger partial charge in [-0.25, -0.2) is 4.79 Å². The van der Waals surface area contributed by atoms with Crippen molar-refractivity contribution in [1.82, 2.24) is 42.5 Å². The first-order chi connectivity index (χ1) is 60.3. The van der Waals surface area contributed by atoms with Gasteiger partial charge in [-0.1, -0.05) is 55.2 Å². The molecule has 39 nitrogen and oxygen atoms in total. The molecule has 42 heteroatoms. The molecule has 7 aromatic rings. The molecule has 5 unspecified atom stereocenters. The first-order valence-corrected chi connectivity index (χ1v) is 42.0. The number of benzene rings is 6. The number of aliphatic hydroxyl groups is 8. The SMILES string of the molecule is CCOc1ccc(-c2ccc(CNC[C@H]3O[C@@H](O[C@H]4[C@H](O)[C@@H](O)[C@H](Oc5c6cc7cc5Oc5ccc(cc5Cl)[C@@H](OC5C[C@](C)(N)[C@@H](O)[C@H](C)O5)[C@@H]5NC(=O)C(NC(=O)[C@@H]7NC(=O)C(CC(N)=O)NC(=O)C(NC(=O)[C@@H](CC(C)C)NC)[C@H](O)c7ccc(c(Cl)c7)O6)c6ccc(O)c(c6)-c6c(O)cc(O)cc6C(C(=O)O)NC5=O)O[C@@H]4CO)[C@H](O)[C@@H](O)[C@H]3O)s2)cc1. The summed E-state index contributed by atoms with van der Waals surface area (Å²) in [7, 11) is 1.46.